The van der Waals surface area contributed by atoms with Crippen LogP contribution in [0.2, 0.25) is 0 Å². The molecule has 0 atom stereocenters. The highest BCUT2D eigenvalue weighted by atomic mass is 13.5. The van der Waals surface area contributed by atoms with Crippen LogP contribution in [0.5, 0.6) is 0 Å². The van der Waals surface area contributed by atoms with Crippen molar-refractivity contribution in [1.82, 2.24) is 0 Å². The second-order valence-corrected chi connectivity index (χ2v) is 26.0. The zero-order chi connectivity index (χ0) is 73.0. The molecule has 0 aromatic rings. The predicted octanol–water partition coefficient (Wildman–Crippen LogP) is -35.0. The van der Waals surface area contributed by atoms with E-state index in [1.54, 1.807) is 0 Å². The fourth-order valence-corrected chi connectivity index (χ4v) is 16.4. The van der Waals surface area contributed by atoms with Crippen molar-refractivity contribution in [1.29, 1.82) is 0 Å². The van der Waals surface area contributed by atoms with Crippen molar-refractivity contribution in [3.05, 3.63) is 0 Å². The summed E-state index contributed by atoms with van der Waals surface area (Å²) in [7, 11) is 330. The maximum atomic E-state index is 7.61. The van der Waals surface area contributed by atoms with Gasteiger partial charge in [-0.3, -0.25) is 0 Å². The van der Waals surface area contributed by atoms with Crippen LogP contribution in [-0.4, -0.2) is 651 Å². The van der Waals surface area contributed by atoms with E-state index >= 15 is 0 Å². The summed E-state index contributed by atoms with van der Waals surface area (Å²) in [6.07, 6.45) is -82.0. The molecule has 0 N–H and O–H groups in total. The molecule has 0 saturated carbocycles. The Balaban J connectivity index is 14.0. The van der Waals surface area contributed by atoms with Gasteiger partial charge in [0.2, 0.25) is 0 Å². The summed E-state index contributed by atoms with van der Waals surface area (Å²) in [5.41, 5.74) is 0. The van der Waals surface area contributed by atoms with Gasteiger partial charge in [-0.05, 0) is 0 Å². The molecule has 0 heterocycles. The van der Waals surface area contributed by atoms with Gasteiger partial charge < -0.3 is 0 Å². The van der Waals surface area contributed by atoms with Crippen molar-refractivity contribution < 1.29 is 0 Å². The van der Waals surface area contributed by atoms with Gasteiger partial charge in [0.05, 0.1) is 0 Å². The Labute approximate surface area is 644 Å². The Hall–Kier alpha value is 5.97. The van der Waals surface area contributed by atoms with E-state index < -0.39 is 287 Å². The molecule has 0 aliphatic heterocycles. The summed E-state index contributed by atoms with van der Waals surface area (Å²) < 4.78 is 0. The molecule has 276 valence electrons. The molecule has 0 fully saturated rings. The highest BCUT2D eigenvalue weighted by molar-refractivity contribution is 8.43. The van der Waals surface area contributed by atoms with Crippen molar-refractivity contribution in [2.24, 2.45) is 0 Å². The lowest BCUT2D eigenvalue weighted by Crippen LogP contribution is -3.01. The van der Waals surface area contributed by atoms with Gasteiger partial charge in [0.1, 0.15) is 0 Å². The Morgan fingerprint density at radius 3 is 0.207 bits per heavy atom. The van der Waals surface area contributed by atoms with Crippen molar-refractivity contribution in [3.63, 3.8) is 0 Å². The van der Waals surface area contributed by atoms with Gasteiger partial charge in [-0.15, -0.1) is 0 Å². The average Bonchev–Trinajstić information content (AvgIpc) is 3.33. The standard InChI is InChI=1S/B92/c1-48(2)71(47)83(72(49(3)4)50(5)6)89(84(73(51(7)8)52(9)10)74(53(11)12)54(13)14)92(90(85(75(55(15)16)56(17)18)76(57(19)20)58(21)22)86(77(59(23)24)60(25)26)78(61(27)28)62(29)30)91(87(79(63(31)32)64(33)34)80(65(35)36)66(37)38)88(81(67(39)40)68(41)42)82(69(43)44)70(45)46. The molecule has 0 amide bonds. The summed E-state index contributed by atoms with van der Waals surface area (Å²) in [5.74, 6) is 0. The Morgan fingerprint density at radius 2 is 0.130 bits per heavy atom. The van der Waals surface area contributed by atoms with Gasteiger partial charge in [0.15, 0.2) is 0 Å². The van der Waals surface area contributed by atoms with Crippen molar-refractivity contribution >= 4 is 651 Å². The maximum absolute atomic E-state index is 7.61. The molecule has 92 heteroatoms. The minimum Gasteiger partial charge on any atom is 0 e. The minimum absolute atomic E-state index is 1.72. The minimum atomic E-state index is -2.18. The van der Waals surface area contributed by atoms with E-state index in [0.29, 0.717) is 0 Å². The molecular formula is B92. The van der Waals surface area contributed by atoms with E-state index in [9.17, 15) is 0 Å². The van der Waals surface area contributed by atoms with Crippen LogP contribution in [0.3, 0.4) is 0 Å². The summed E-state index contributed by atoms with van der Waals surface area (Å²) in [6, 6.07) is 0. The first kappa shape index (κ1) is 98.0. The van der Waals surface area contributed by atoms with Gasteiger partial charge in [0.25, 0.3) is 0 Å². The topological polar surface area (TPSA) is 0 Å². The van der Waals surface area contributed by atoms with E-state index in [4.69, 9.17) is 364 Å². The molecule has 0 nitrogen and oxygen atoms in total. The van der Waals surface area contributed by atoms with E-state index in [2.05, 4.69) is 0 Å². The van der Waals surface area contributed by atoms with Crippen LogP contribution in [0, 0.1) is 0 Å². The normalized spacial score (nSPS) is 9.83. The van der Waals surface area contributed by atoms with Crippen LogP contribution in [0.25, 0.3) is 0 Å². The highest BCUT2D eigenvalue weighted by Crippen LogP contribution is 2.29. The second-order valence-electron chi connectivity index (χ2n) is 26.0. The SMILES string of the molecule is [B]B([B])B([B])B(B(B([B])[B])B([B])[B])B(B(B(B([B])[B])B([B])[B])B(B([B])[B])B([B])[B])B(B(B(B(B([B])[B])B([B])[B])B(B([B])[B])B([B])[B])B(B(B([B])[B])B([B])[B])B(B([B])[B])B([B])[B])B(B(B(B([B])[B])B([B])[B])B(B([B])[B])B([B])[B])B(B(B([B])[B])B([B])[B])B(B([B])[B])B([B])[B]. The van der Waals surface area contributed by atoms with E-state index in [1.807, 2.05) is 0 Å². The van der Waals surface area contributed by atoms with Gasteiger partial charge in [-0.1, -0.05) is 0 Å². The van der Waals surface area contributed by atoms with Crippen LogP contribution in [-0.2, 0) is 0 Å². The summed E-state index contributed by atoms with van der Waals surface area (Å²) in [5, 5.41) is 0. The van der Waals surface area contributed by atoms with Crippen LogP contribution in [0.1, 0.15) is 0 Å². The molecule has 0 bridgehead atoms. The molecule has 92 heavy (non-hydrogen) atoms. The Bertz CT molecular complexity index is 1500. The second kappa shape index (κ2) is 44.9. The number of hydrogen-bond donors (Lipinski definition) is 0. The zero-order valence-corrected chi connectivity index (χ0v) is 53.1. The fourth-order valence-electron chi connectivity index (χ4n) is 16.4. The molecule has 0 aromatic carbocycles. The first-order valence-corrected chi connectivity index (χ1v) is 30.3. The summed E-state index contributed by atoms with van der Waals surface area (Å²) >= 11 is 0. The van der Waals surface area contributed by atoms with Crippen LogP contribution >= 0.6 is 0 Å². The summed E-state index contributed by atoms with van der Waals surface area (Å²) in [4.78, 5) is 0. The van der Waals surface area contributed by atoms with Gasteiger partial charge in [-0.2, -0.15) is 0 Å². The Morgan fingerprint density at radius 1 is 0.0652 bits per heavy atom. The average molecular weight is 995 g/mol. The molecule has 94 radical (unpaired) electrons. The smallest absolute Gasteiger partial charge is 0 e. The lowest BCUT2D eigenvalue weighted by molar-refractivity contribution is 3.13. The predicted molar refractivity (Wildman–Crippen MR) is 529 cm³/mol. The van der Waals surface area contributed by atoms with Crippen molar-refractivity contribution in [2.75, 3.05) is 0 Å². The largest absolute Gasteiger partial charge is 0 e. The van der Waals surface area contributed by atoms with Crippen LogP contribution < -0.4 is 0 Å². The lowest BCUT2D eigenvalue weighted by atomic mass is 8.19. The Kier molecular flexibility index (Phi) is 47.9. The van der Waals surface area contributed by atoms with E-state index in [1.165, 1.54) is 0 Å². The first-order chi connectivity index (χ1) is 41.8. The molecule has 0 aliphatic carbocycles. The lowest BCUT2D eigenvalue weighted by Gasteiger charge is -2.62. The molecule has 0 saturated heterocycles. The number of rotatable bonds is 44. The maximum Gasteiger partial charge on any atom is 0 e. The molecular weight excluding hydrogens is 995 g/mol. The van der Waals surface area contributed by atoms with E-state index in [-0.39, 0.29) is 0 Å². The molecule has 0 rings (SSSR count). The molecule has 0 spiro atoms. The van der Waals surface area contributed by atoms with Gasteiger partial charge in [-0.25, -0.2) is 0 Å². The van der Waals surface area contributed by atoms with Crippen molar-refractivity contribution in [2.45, 2.75) is 0 Å². The fraction of sp³-hybridized carbons (Fsp3) is 0. The highest BCUT2D eigenvalue weighted by Gasteiger charge is 2.67. The first-order valence-electron chi connectivity index (χ1n) is 30.3. The van der Waals surface area contributed by atoms with Gasteiger partial charge >= 0.3 is 0 Å². The van der Waals surface area contributed by atoms with Crippen molar-refractivity contribution in [3.8, 4) is 0 Å². The van der Waals surface area contributed by atoms with Gasteiger partial charge in [0, 0.05) is 651 Å². The molecule has 0 unspecified atom stereocenters. The third-order valence-corrected chi connectivity index (χ3v) is 19.6. The third-order valence-electron chi connectivity index (χ3n) is 19.6. The number of hydrogen-bond acceptors (Lipinski definition) is 0. The molecule has 0 aromatic heterocycles. The molecule has 0 aliphatic rings. The van der Waals surface area contributed by atoms with Crippen LogP contribution in [0.4, 0.5) is 0 Å². The monoisotopic (exact) mass is 1010 g/mol. The van der Waals surface area contributed by atoms with Crippen LogP contribution in [0.15, 0.2) is 0 Å². The summed E-state index contributed by atoms with van der Waals surface area (Å²) in [6.45, 7) is 0. The third kappa shape index (κ3) is 26.1. The quantitative estimate of drug-likeness (QED) is 0.0534. The van der Waals surface area contributed by atoms with E-state index in [0.717, 1.165) is 0 Å². The zero-order valence-electron chi connectivity index (χ0n) is 53.1.